The van der Waals surface area contributed by atoms with Crippen LogP contribution < -0.4 is 0 Å². The summed E-state index contributed by atoms with van der Waals surface area (Å²) < 4.78 is 39.7. The number of carbonyl (C=O) groups excluding carboxylic acids is 1. The van der Waals surface area contributed by atoms with Crippen LogP contribution in [-0.2, 0) is 11.2 Å². The van der Waals surface area contributed by atoms with Gasteiger partial charge in [0.05, 0.1) is 6.42 Å². The van der Waals surface area contributed by atoms with Crippen LogP contribution in [0.1, 0.15) is 32.3 Å². The topological polar surface area (TPSA) is 20.3 Å². The molecule has 0 N–H and O–H groups in total. The van der Waals surface area contributed by atoms with Crippen LogP contribution >= 0.6 is 0 Å². The average molecular weight is 287 g/mol. The van der Waals surface area contributed by atoms with E-state index < -0.39 is 17.8 Å². The Balaban J connectivity index is 0.000000956. The number of carbonyl (C=O) groups is 1. The number of hydrogen-bond acceptors (Lipinski definition) is 1. The Morgan fingerprint density at radius 3 is 2.20 bits per heavy atom. The zero-order chi connectivity index (χ0) is 15.1. The SMILES string of the molecule is CC.O=C(Cc1c(F)cccc1F)N1CCC(F)CC1. The smallest absolute Gasteiger partial charge is 0.227 e. The number of nitrogens with zero attached hydrogens (tertiary/aromatic N) is 1. The number of likely N-dealkylation sites (tertiary alicyclic amines) is 1. The minimum absolute atomic E-state index is 0.218. The largest absolute Gasteiger partial charge is 0.342 e. The van der Waals surface area contributed by atoms with E-state index in [0.717, 1.165) is 12.1 Å². The maximum Gasteiger partial charge on any atom is 0.227 e. The molecule has 0 radical (unpaired) electrons. The number of benzene rings is 1. The molecule has 0 unspecified atom stereocenters. The van der Waals surface area contributed by atoms with Crippen molar-refractivity contribution in [2.45, 2.75) is 39.3 Å². The van der Waals surface area contributed by atoms with Crippen LogP contribution in [0.4, 0.5) is 13.2 Å². The summed E-state index contributed by atoms with van der Waals surface area (Å²) in [5, 5.41) is 0. The maximum atomic E-state index is 13.4. The highest BCUT2D eigenvalue weighted by Gasteiger charge is 2.23. The van der Waals surface area contributed by atoms with Gasteiger partial charge in [0.25, 0.3) is 0 Å². The minimum atomic E-state index is -0.876. The Hall–Kier alpha value is -1.52. The number of hydrogen-bond donors (Lipinski definition) is 0. The van der Waals surface area contributed by atoms with E-state index in [1.807, 2.05) is 13.8 Å². The third-order valence-electron chi connectivity index (χ3n) is 3.17. The van der Waals surface area contributed by atoms with Gasteiger partial charge in [0.1, 0.15) is 17.8 Å². The molecule has 2 nitrogen and oxygen atoms in total. The van der Waals surface area contributed by atoms with Crippen molar-refractivity contribution in [1.29, 1.82) is 0 Å². The predicted octanol–water partition coefficient (Wildman–Crippen LogP) is 3.49. The van der Waals surface area contributed by atoms with Gasteiger partial charge < -0.3 is 4.90 Å². The first-order chi connectivity index (χ1) is 9.58. The quantitative estimate of drug-likeness (QED) is 0.815. The lowest BCUT2D eigenvalue weighted by atomic mass is 10.1. The van der Waals surface area contributed by atoms with Crippen molar-refractivity contribution in [3.8, 4) is 0 Å². The summed E-state index contributed by atoms with van der Waals surface area (Å²) in [4.78, 5) is 13.3. The van der Waals surface area contributed by atoms with Crippen LogP contribution in [0.5, 0.6) is 0 Å². The third-order valence-corrected chi connectivity index (χ3v) is 3.17. The highest BCUT2D eigenvalue weighted by molar-refractivity contribution is 5.79. The average Bonchev–Trinajstić information content (AvgIpc) is 2.46. The highest BCUT2D eigenvalue weighted by Crippen LogP contribution is 2.17. The zero-order valence-corrected chi connectivity index (χ0v) is 11.8. The molecule has 1 saturated heterocycles. The fraction of sp³-hybridized carbons (Fsp3) is 0.533. The van der Waals surface area contributed by atoms with Gasteiger partial charge in [0, 0.05) is 18.7 Å². The molecule has 0 bridgehead atoms. The molecule has 1 heterocycles. The lowest BCUT2D eigenvalue weighted by Gasteiger charge is -2.28. The highest BCUT2D eigenvalue weighted by atomic mass is 19.1. The van der Waals surface area contributed by atoms with Crippen molar-refractivity contribution < 1.29 is 18.0 Å². The summed E-state index contributed by atoms with van der Waals surface area (Å²) in [7, 11) is 0. The van der Waals surface area contributed by atoms with Crippen molar-refractivity contribution in [3.05, 3.63) is 35.4 Å². The standard InChI is InChI=1S/C13H14F3NO.C2H6/c14-9-4-6-17(7-5-9)13(18)8-10-11(15)2-1-3-12(10)16;1-2/h1-3,9H,4-8H2;1-2H3. The summed E-state index contributed by atoms with van der Waals surface area (Å²) in [5.41, 5.74) is -0.218. The minimum Gasteiger partial charge on any atom is -0.342 e. The van der Waals surface area contributed by atoms with Crippen molar-refractivity contribution in [2.24, 2.45) is 0 Å². The molecule has 1 fully saturated rings. The summed E-state index contributed by atoms with van der Waals surface area (Å²) in [6.07, 6.45) is -0.592. The fourth-order valence-electron chi connectivity index (χ4n) is 2.06. The van der Waals surface area contributed by atoms with Gasteiger partial charge in [-0.1, -0.05) is 19.9 Å². The van der Waals surface area contributed by atoms with E-state index in [0.29, 0.717) is 25.9 Å². The molecule has 0 aliphatic carbocycles. The number of amides is 1. The summed E-state index contributed by atoms with van der Waals surface area (Å²) >= 11 is 0. The fourth-order valence-corrected chi connectivity index (χ4v) is 2.06. The summed E-state index contributed by atoms with van der Waals surface area (Å²) in [6.45, 7) is 4.63. The second-order valence-corrected chi connectivity index (χ2v) is 4.43. The van der Waals surface area contributed by atoms with Crippen LogP contribution in [0.15, 0.2) is 18.2 Å². The van der Waals surface area contributed by atoms with E-state index in [2.05, 4.69) is 0 Å². The van der Waals surface area contributed by atoms with E-state index in [4.69, 9.17) is 0 Å². The van der Waals surface area contributed by atoms with Crippen LogP contribution in [0.25, 0.3) is 0 Å². The number of alkyl halides is 1. The first-order valence-corrected chi connectivity index (χ1v) is 6.92. The molecule has 0 aromatic heterocycles. The van der Waals surface area contributed by atoms with Gasteiger partial charge in [0.15, 0.2) is 0 Å². The van der Waals surface area contributed by atoms with Gasteiger partial charge in [-0.15, -0.1) is 0 Å². The van der Waals surface area contributed by atoms with Crippen molar-refractivity contribution >= 4 is 5.91 Å². The molecule has 1 aliphatic heterocycles. The Kier molecular flexibility index (Phi) is 6.55. The first kappa shape index (κ1) is 16.5. The van der Waals surface area contributed by atoms with Gasteiger partial charge in [-0.25, -0.2) is 13.2 Å². The van der Waals surface area contributed by atoms with Crippen LogP contribution in [-0.4, -0.2) is 30.1 Å². The van der Waals surface area contributed by atoms with Gasteiger partial charge in [0.2, 0.25) is 5.91 Å². The third kappa shape index (κ3) is 4.25. The summed E-state index contributed by atoms with van der Waals surface area (Å²) in [5.74, 6) is -1.79. The molecule has 1 amide bonds. The lowest BCUT2D eigenvalue weighted by molar-refractivity contribution is -0.132. The van der Waals surface area contributed by atoms with Crippen LogP contribution in [0, 0.1) is 11.6 Å². The predicted molar refractivity (Wildman–Crippen MR) is 72.1 cm³/mol. The van der Waals surface area contributed by atoms with Crippen molar-refractivity contribution in [1.82, 2.24) is 4.90 Å². The van der Waals surface area contributed by atoms with Gasteiger partial charge in [-0.3, -0.25) is 4.79 Å². The second-order valence-electron chi connectivity index (χ2n) is 4.43. The van der Waals surface area contributed by atoms with E-state index in [-0.39, 0.29) is 17.9 Å². The number of rotatable bonds is 2. The molecule has 1 aromatic carbocycles. The van der Waals surface area contributed by atoms with E-state index in [9.17, 15) is 18.0 Å². The molecular weight excluding hydrogens is 267 g/mol. The zero-order valence-electron chi connectivity index (χ0n) is 11.8. The van der Waals surface area contributed by atoms with Crippen molar-refractivity contribution in [3.63, 3.8) is 0 Å². The molecule has 112 valence electrons. The van der Waals surface area contributed by atoms with E-state index >= 15 is 0 Å². The molecule has 1 aliphatic rings. The normalized spacial score (nSPS) is 15.6. The van der Waals surface area contributed by atoms with Gasteiger partial charge in [-0.2, -0.15) is 0 Å². The molecular formula is C15H20F3NO. The molecule has 0 saturated carbocycles. The van der Waals surface area contributed by atoms with Crippen LogP contribution in [0.3, 0.4) is 0 Å². The number of halogens is 3. The van der Waals surface area contributed by atoms with E-state index in [1.54, 1.807) is 0 Å². The Bertz CT molecular complexity index is 422. The number of piperidine rings is 1. The molecule has 1 aromatic rings. The Labute approximate surface area is 117 Å². The molecule has 20 heavy (non-hydrogen) atoms. The summed E-state index contributed by atoms with van der Waals surface area (Å²) in [6, 6.07) is 3.51. The first-order valence-electron chi connectivity index (χ1n) is 6.92. The Morgan fingerprint density at radius 2 is 1.70 bits per heavy atom. The molecule has 0 spiro atoms. The van der Waals surface area contributed by atoms with Crippen LogP contribution in [0.2, 0.25) is 0 Å². The monoisotopic (exact) mass is 287 g/mol. The molecule has 2 rings (SSSR count). The maximum absolute atomic E-state index is 13.4. The van der Waals surface area contributed by atoms with Crippen molar-refractivity contribution in [2.75, 3.05) is 13.1 Å². The Morgan fingerprint density at radius 1 is 1.20 bits per heavy atom. The second kappa shape index (κ2) is 7.92. The molecule has 5 heteroatoms. The van der Waals surface area contributed by atoms with E-state index in [1.165, 1.54) is 11.0 Å². The van der Waals surface area contributed by atoms with Gasteiger partial charge in [-0.05, 0) is 25.0 Å². The van der Waals surface area contributed by atoms with Gasteiger partial charge >= 0.3 is 0 Å². The molecule has 0 atom stereocenters. The lowest BCUT2D eigenvalue weighted by Crippen LogP contribution is -2.40.